The summed E-state index contributed by atoms with van der Waals surface area (Å²) >= 11 is 5.92. The Bertz CT molecular complexity index is 905. The molecular formula is C14H14BrN3O2S3. The first-order chi connectivity index (χ1) is 11.1. The predicted molar refractivity (Wildman–Crippen MR) is 99.9 cm³/mol. The number of nitrogens with zero attached hydrogens (tertiary/aromatic N) is 1. The fourth-order valence-corrected chi connectivity index (χ4v) is 5.91. The Balaban J connectivity index is 1.49. The van der Waals surface area contributed by atoms with Crippen LogP contribution in [-0.2, 0) is 10.0 Å². The second-order valence-corrected chi connectivity index (χ2v) is 10.0. The summed E-state index contributed by atoms with van der Waals surface area (Å²) < 4.78 is 33.4. The molecule has 0 fully saturated rings. The van der Waals surface area contributed by atoms with E-state index in [1.165, 1.54) is 22.9 Å². The SMILES string of the molecule is O=S(=O)(NCCCNc1nsc2ccccc12)c1ccc(Br)s1. The van der Waals surface area contributed by atoms with Crippen LogP contribution in [0.5, 0.6) is 0 Å². The third-order valence-corrected chi connectivity index (χ3v) is 7.53. The van der Waals surface area contributed by atoms with Crippen molar-refractivity contribution in [3.63, 3.8) is 0 Å². The summed E-state index contributed by atoms with van der Waals surface area (Å²) in [6, 6.07) is 11.4. The predicted octanol–water partition coefficient (Wildman–Crippen LogP) is 3.90. The van der Waals surface area contributed by atoms with Gasteiger partial charge in [-0.25, -0.2) is 13.1 Å². The largest absolute Gasteiger partial charge is 0.369 e. The lowest BCUT2D eigenvalue weighted by Gasteiger charge is -2.06. The minimum Gasteiger partial charge on any atom is -0.369 e. The van der Waals surface area contributed by atoms with Gasteiger partial charge in [-0.3, -0.25) is 0 Å². The smallest absolute Gasteiger partial charge is 0.250 e. The summed E-state index contributed by atoms with van der Waals surface area (Å²) in [5, 5.41) is 4.36. The minimum absolute atomic E-state index is 0.322. The van der Waals surface area contributed by atoms with Crippen LogP contribution < -0.4 is 10.0 Å². The van der Waals surface area contributed by atoms with Crippen molar-refractivity contribution in [1.82, 2.24) is 9.10 Å². The molecule has 0 radical (unpaired) electrons. The Hall–Kier alpha value is -1.000. The first kappa shape index (κ1) is 16.8. The van der Waals surface area contributed by atoms with E-state index in [-0.39, 0.29) is 0 Å². The number of anilines is 1. The highest BCUT2D eigenvalue weighted by Gasteiger charge is 2.15. The van der Waals surface area contributed by atoms with Crippen LogP contribution in [0.1, 0.15) is 6.42 Å². The molecule has 0 saturated carbocycles. The van der Waals surface area contributed by atoms with Gasteiger partial charge in [-0.15, -0.1) is 11.3 Å². The molecule has 0 unspecified atom stereocenters. The molecule has 0 bridgehead atoms. The first-order valence-electron chi connectivity index (χ1n) is 6.89. The molecule has 2 aromatic heterocycles. The number of benzene rings is 1. The van der Waals surface area contributed by atoms with Crippen LogP contribution in [0.15, 0.2) is 44.4 Å². The molecule has 1 aromatic carbocycles. The van der Waals surface area contributed by atoms with Crippen LogP contribution in [0.2, 0.25) is 0 Å². The topological polar surface area (TPSA) is 71.1 Å². The maximum atomic E-state index is 12.1. The molecule has 0 spiro atoms. The molecule has 9 heteroatoms. The van der Waals surface area contributed by atoms with Gasteiger partial charge in [0.1, 0.15) is 10.0 Å². The van der Waals surface area contributed by atoms with Crippen LogP contribution in [0, 0.1) is 0 Å². The van der Waals surface area contributed by atoms with Gasteiger partial charge in [0.2, 0.25) is 10.0 Å². The Kier molecular flexibility index (Phi) is 5.32. The summed E-state index contributed by atoms with van der Waals surface area (Å²) in [5.74, 6) is 0.857. The average molecular weight is 432 g/mol. The molecule has 2 N–H and O–H groups in total. The highest BCUT2D eigenvalue weighted by Crippen LogP contribution is 2.26. The van der Waals surface area contributed by atoms with Crippen molar-refractivity contribution in [2.45, 2.75) is 10.6 Å². The van der Waals surface area contributed by atoms with Crippen LogP contribution in [0.4, 0.5) is 5.82 Å². The van der Waals surface area contributed by atoms with E-state index in [0.29, 0.717) is 23.7 Å². The van der Waals surface area contributed by atoms with Crippen LogP contribution in [0.25, 0.3) is 10.1 Å². The van der Waals surface area contributed by atoms with Gasteiger partial charge in [0.05, 0.1) is 8.49 Å². The highest BCUT2D eigenvalue weighted by atomic mass is 79.9. The average Bonchev–Trinajstić information content (AvgIpc) is 3.14. The lowest BCUT2D eigenvalue weighted by atomic mass is 10.2. The summed E-state index contributed by atoms with van der Waals surface area (Å²) in [4.78, 5) is 0. The van der Waals surface area contributed by atoms with Crippen molar-refractivity contribution in [3.8, 4) is 0 Å². The molecule has 0 aliphatic heterocycles. The van der Waals surface area contributed by atoms with Gasteiger partial charge >= 0.3 is 0 Å². The Morgan fingerprint density at radius 2 is 1.96 bits per heavy atom. The third-order valence-electron chi connectivity index (χ3n) is 3.13. The first-order valence-corrected chi connectivity index (χ1v) is 10.8. The van der Waals surface area contributed by atoms with Gasteiger partial charge in [-0.1, -0.05) is 12.1 Å². The molecule has 2 heterocycles. The zero-order valence-corrected chi connectivity index (χ0v) is 16.0. The number of rotatable bonds is 7. The van der Waals surface area contributed by atoms with E-state index in [1.807, 2.05) is 24.3 Å². The Morgan fingerprint density at radius 1 is 1.13 bits per heavy atom. The molecule has 0 atom stereocenters. The van der Waals surface area contributed by atoms with Crippen molar-refractivity contribution in [3.05, 3.63) is 40.2 Å². The molecule has 3 aromatic rings. The minimum atomic E-state index is -3.41. The van der Waals surface area contributed by atoms with Crippen molar-refractivity contribution >= 4 is 64.7 Å². The summed E-state index contributed by atoms with van der Waals surface area (Å²) in [6.45, 7) is 1.04. The molecule has 0 aliphatic rings. The maximum Gasteiger partial charge on any atom is 0.250 e. The number of fused-ring (bicyclic) bond motifs is 1. The monoisotopic (exact) mass is 431 g/mol. The molecule has 0 amide bonds. The van der Waals surface area contributed by atoms with Gasteiger partial charge in [0.15, 0.2) is 0 Å². The number of sulfonamides is 1. The lowest BCUT2D eigenvalue weighted by molar-refractivity contribution is 0.582. The van der Waals surface area contributed by atoms with Crippen molar-refractivity contribution in [2.75, 3.05) is 18.4 Å². The molecule has 0 saturated heterocycles. The lowest BCUT2D eigenvalue weighted by Crippen LogP contribution is -2.25. The van der Waals surface area contributed by atoms with E-state index >= 15 is 0 Å². The normalized spacial score (nSPS) is 11.9. The number of aromatic nitrogens is 1. The van der Waals surface area contributed by atoms with Crippen molar-refractivity contribution in [1.29, 1.82) is 0 Å². The Morgan fingerprint density at radius 3 is 2.74 bits per heavy atom. The maximum absolute atomic E-state index is 12.1. The quantitative estimate of drug-likeness (QED) is 0.556. The van der Waals surface area contributed by atoms with Crippen LogP contribution in [0.3, 0.4) is 0 Å². The number of thiophene rings is 1. The summed E-state index contributed by atoms with van der Waals surface area (Å²) in [7, 11) is -3.41. The van der Waals surface area contributed by atoms with Crippen LogP contribution >= 0.6 is 38.8 Å². The molecule has 5 nitrogen and oxygen atoms in total. The van der Waals surface area contributed by atoms with E-state index in [0.717, 1.165) is 19.7 Å². The van der Waals surface area contributed by atoms with E-state index < -0.39 is 10.0 Å². The fourth-order valence-electron chi connectivity index (χ4n) is 2.03. The van der Waals surface area contributed by atoms with Gasteiger partial charge in [0.25, 0.3) is 0 Å². The molecule has 0 aliphatic carbocycles. The number of nitrogens with one attached hydrogen (secondary N) is 2. The Labute approximate surface area is 151 Å². The molecule has 122 valence electrons. The highest BCUT2D eigenvalue weighted by molar-refractivity contribution is 9.11. The van der Waals surface area contributed by atoms with Gasteiger partial charge in [-0.2, -0.15) is 4.37 Å². The van der Waals surface area contributed by atoms with Crippen molar-refractivity contribution < 1.29 is 8.42 Å². The summed E-state index contributed by atoms with van der Waals surface area (Å²) in [6.07, 6.45) is 0.678. The molecule has 23 heavy (non-hydrogen) atoms. The van der Waals surface area contributed by atoms with E-state index in [9.17, 15) is 8.42 Å². The van der Waals surface area contributed by atoms with Gasteiger partial charge in [0, 0.05) is 18.5 Å². The standard InChI is InChI=1S/C14H14BrN3O2S3/c15-12-6-7-13(21-12)23(19,20)17-9-3-8-16-14-10-4-1-2-5-11(10)22-18-14/h1-2,4-7,17H,3,8-9H2,(H,16,18). The third kappa shape index (κ3) is 4.10. The molecule has 3 rings (SSSR count). The van der Waals surface area contributed by atoms with E-state index in [4.69, 9.17) is 0 Å². The van der Waals surface area contributed by atoms with Crippen molar-refractivity contribution in [2.24, 2.45) is 0 Å². The van der Waals surface area contributed by atoms with E-state index in [1.54, 1.807) is 12.1 Å². The van der Waals surface area contributed by atoms with Crippen LogP contribution in [-0.4, -0.2) is 25.9 Å². The molecular weight excluding hydrogens is 418 g/mol. The second kappa shape index (κ2) is 7.27. The van der Waals surface area contributed by atoms with E-state index in [2.05, 4.69) is 30.3 Å². The zero-order valence-electron chi connectivity index (χ0n) is 12.0. The second-order valence-electron chi connectivity index (χ2n) is 4.76. The van der Waals surface area contributed by atoms with Gasteiger partial charge < -0.3 is 5.32 Å². The van der Waals surface area contributed by atoms with Gasteiger partial charge in [-0.05, 0) is 58.1 Å². The summed E-state index contributed by atoms with van der Waals surface area (Å²) in [5.41, 5.74) is 0. The fraction of sp³-hybridized carbons (Fsp3) is 0.214. The zero-order chi connectivity index (χ0) is 16.3. The number of halogens is 1. The number of hydrogen-bond acceptors (Lipinski definition) is 6. The number of hydrogen-bond donors (Lipinski definition) is 2.